The maximum atomic E-state index is 3.99. The summed E-state index contributed by atoms with van der Waals surface area (Å²) in [5.41, 5.74) is 1.29. The molecule has 1 N–H and O–H groups in total. The molecule has 0 amide bonds. The van der Waals surface area contributed by atoms with Gasteiger partial charge in [0.2, 0.25) is 0 Å². The number of aromatic nitrogens is 1. The van der Waals surface area contributed by atoms with Gasteiger partial charge in [-0.2, -0.15) is 0 Å². The maximum Gasteiger partial charge on any atom is 0.0271 e. The van der Waals surface area contributed by atoms with Gasteiger partial charge in [-0.05, 0) is 30.5 Å². The number of pyridine rings is 1. The predicted octanol–water partition coefficient (Wildman–Crippen LogP) is 2.59. The van der Waals surface area contributed by atoms with E-state index in [9.17, 15) is 0 Å². The van der Waals surface area contributed by atoms with Crippen LogP contribution in [0.5, 0.6) is 0 Å². The van der Waals surface area contributed by atoms with Gasteiger partial charge in [-0.15, -0.1) is 0 Å². The van der Waals surface area contributed by atoms with Crippen LogP contribution in [0.25, 0.3) is 0 Å². The van der Waals surface area contributed by atoms with Crippen molar-refractivity contribution in [3.63, 3.8) is 0 Å². The van der Waals surface area contributed by atoms with Crippen LogP contribution in [0.3, 0.4) is 0 Å². The molecule has 0 aromatic carbocycles. The van der Waals surface area contributed by atoms with Crippen molar-refractivity contribution in [3.05, 3.63) is 30.1 Å². The topological polar surface area (TPSA) is 24.9 Å². The Bertz CT molecular complexity index is 251. The normalized spacial score (nSPS) is 15.1. The van der Waals surface area contributed by atoms with Gasteiger partial charge in [-0.3, -0.25) is 4.98 Å². The fourth-order valence-corrected chi connectivity index (χ4v) is 1.68. The first-order chi connectivity index (χ1) is 6.74. The molecule has 3 heteroatoms. The zero-order valence-corrected chi connectivity index (χ0v) is 10.3. The van der Waals surface area contributed by atoms with Crippen LogP contribution in [0.1, 0.15) is 19.4 Å². The zero-order chi connectivity index (χ0) is 10.4. The summed E-state index contributed by atoms with van der Waals surface area (Å²) >= 11 is 3.49. The van der Waals surface area contributed by atoms with Gasteiger partial charge in [0.1, 0.15) is 0 Å². The Morgan fingerprint density at radius 2 is 2.00 bits per heavy atom. The highest BCUT2D eigenvalue weighted by Gasteiger charge is 2.09. The summed E-state index contributed by atoms with van der Waals surface area (Å²) < 4.78 is 0. The standard InChI is InChI=1S/C11H17BrN2/c1-9(7-12)10(2)14-8-11-3-5-13-6-4-11/h3-6,9-10,14H,7-8H2,1-2H3. The van der Waals surface area contributed by atoms with Crippen LogP contribution in [0.15, 0.2) is 24.5 Å². The Hall–Kier alpha value is -0.410. The molecule has 0 aliphatic rings. The van der Waals surface area contributed by atoms with E-state index in [-0.39, 0.29) is 0 Å². The summed E-state index contributed by atoms with van der Waals surface area (Å²) in [6.07, 6.45) is 3.66. The van der Waals surface area contributed by atoms with Crippen molar-refractivity contribution in [1.82, 2.24) is 10.3 Å². The zero-order valence-electron chi connectivity index (χ0n) is 8.70. The number of hydrogen-bond donors (Lipinski definition) is 1. The molecule has 78 valence electrons. The van der Waals surface area contributed by atoms with Crippen LogP contribution in [0, 0.1) is 5.92 Å². The second-order valence-corrected chi connectivity index (χ2v) is 4.30. The Kier molecular flexibility index (Phi) is 5.12. The van der Waals surface area contributed by atoms with Gasteiger partial charge < -0.3 is 5.32 Å². The summed E-state index contributed by atoms with van der Waals surface area (Å²) in [6.45, 7) is 5.37. The molecule has 0 aliphatic carbocycles. The lowest BCUT2D eigenvalue weighted by molar-refractivity contribution is 0.433. The van der Waals surface area contributed by atoms with E-state index in [1.165, 1.54) is 5.56 Å². The van der Waals surface area contributed by atoms with Crippen molar-refractivity contribution in [2.75, 3.05) is 5.33 Å². The molecule has 14 heavy (non-hydrogen) atoms. The average Bonchev–Trinajstić information content (AvgIpc) is 2.26. The van der Waals surface area contributed by atoms with Crippen molar-refractivity contribution in [2.24, 2.45) is 5.92 Å². The maximum absolute atomic E-state index is 3.99. The molecule has 0 spiro atoms. The monoisotopic (exact) mass is 256 g/mol. The van der Waals surface area contributed by atoms with E-state index in [2.05, 4.69) is 40.1 Å². The molecule has 1 aromatic heterocycles. The molecule has 1 rings (SSSR count). The second-order valence-electron chi connectivity index (χ2n) is 3.66. The predicted molar refractivity (Wildman–Crippen MR) is 63.5 cm³/mol. The van der Waals surface area contributed by atoms with Gasteiger partial charge >= 0.3 is 0 Å². The van der Waals surface area contributed by atoms with E-state index in [1.54, 1.807) is 0 Å². The third-order valence-electron chi connectivity index (χ3n) is 2.47. The highest BCUT2D eigenvalue weighted by Crippen LogP contribution is 2.06. The van der Waals surface area contributed by atoms with Crippen LogP contribution in [0.4, 0.5) is 0 Å². The summed E-state index contributed by atoms with van der Waals surface area (Å²) in [6, 6.07) is 4.61. The minimum absolute atomic E-state index is 0.530. The van der Waals surface area contributed by atoms with E-state index >= 15 is 0 Å². The van der Waals surface area contributed by atoms with Crippen LogP contribution < -0.4 is 5.32 Å². The highest BCUT2D eigenvalue weighted by molar-refractivity contribution is 9.09. The van der Waals surface area contributed by atoms with E-state index < -0.39 is 0 Å². The first-order valence-electron chi connectivity index (χ1n) is 4.92. The summed E-state index contributed by atoms with van der Waals surface area (Å²) in [7, 11) is 0. The van der Waals surface area contributed by atoms with Gasteiger partial charge in [0.25, 0.3) is 0 Å². The van der Waals surface area contributed by atoms with E-state index in [1.807, 2.05) is 24.5 Å². The van der Waals surface area contributed by atoms with Crippen LogP contribution in [0.2, 0.25) is 0 Å². The van der Waals surface area contributed by atoms with Gasteiger partial charge in [0.05, 0.1) is 0 Å². The number of nitrogens with one attached hydrogen (secondary N) is 1. The van der Waals surface area contributed by atoms with E-state index in [0.29, 0.717) is 12.0 Å². The van der Waals surface area contributed by atoms with Crippen molar-refractivity contribution < 1.29 is 0 Å². The molecular formula is C11H17BrN2. The summed E-state index contributed by atoms with van der Waals surface area (Å²) in [4.78, 5) is 3.99. The van der Waals surface area contributed by atoms with Gasteiger partial charge in [0, 0.05) is 30.3 Å². The highest BCUT2D eigenvalue weighted by atomic mass is 79.9. The molecule has 0 saturated heterocycles. The number of rotatable bonds is 5. The summed E-state index contributed by atoms with van der Waals surface area (Å²) in [5.74, 6) is 0.650. The minimum atomic E-state index is 0.530. The van der Waals surface area contributed by atoms with Crippen molar-refractivity contribution in [2.45, 2.75) is 26.4 Å². The van der Waals surface area contributed by atoms with Crippen LogP contribution in [-0.2, 0) is 6.54 Å². The van der Waals surface area contributed by atoms with E-state index in [4.69, 9.17) is 0 Å². The fourth-order valence-electron chi connectivity index (χ4n) is 1.11. The molecule has 0 bridgehead atoms. The van der Waals surface area contributed by atoms with Gasteiger partial charge in [-0.25, -0.2) is 0 Å². The fraction of sp³-hybridized carbons (Fsp3) is 0.545. The van der Waals surface area contributed by atoms with Crippen LogP contribution >= 0.6 is 15.9 Å². The molecule has 2 unspecified atom stereocenters. The lowest BCUT2D eigenvalue weighted by atomic mass is 10.1. The Balaban J connectivity index is 2.34. The molecule has 0 aliphatic heterocycles. The Labute approximate surface area is 94.3 Å². The lowest BCUT2D eigenvalue weighted by Gasteiger charge is -2.19. The second kappa shape index (κ2) is 6.14. The molecule has 2 atom stereocenters. The van der Waals surface area contributed by atoms with Crippen molar-refractivity contribution >= 4 is 15.9 Å². The molecule has 0 fully saturated rings. The first kappa shape index (κ1) is 11.7. The van der Waals surface area contributed by atoms with Crippen LogP contribution in [-0.4, -0.2) is 16.4 Å². The number of hydrogen-bond acceptors (Lipinski definition) is 2. The smallest absolute Gasteiger partial charge is 0.0271 e. The first-order valence-corrected chi connectivity index (χ1v) is 6.04. The van der Waals surface area contributed by atoms with Gasteiger partial charge in [0.15, 0.2) is 0 Å². The number of halogens is 1. The average molecular weight is 257 g/mol. The molecule has 1 aromatic rings. The third kappa shape index (κ3) is 3.76. The Morgan fingerprint density at radius 1 is 1.36 bits per heavy atom. The SMILES string of the molecule is CC(CBr)C(C)NCc1ccncc1. The quantitative estimate of drug-likeness (QED) is 0.820. The Morgan fingerprint density at radius 3 is 2.57 bits per heavy atom. The molecule has 0 radical (unpaired) electrons. The molecule has 0 saturated carbocycles. The molecule has 2 nitrogen and oxygen atoms in total. The molecule has 1 heterocycles. The minimum Gasteiger partial charge on any atom is -0.310 e. The van der Waals surface area contributed by atoms with Gasteiger partial charge in [-0.1, -0.05) is 22.9 Å². The van der Waals surface area contributed by atoms with Crippen molar-refractivity contribution in [3.8, 4) is 0 Å². The number of nitrogens with zero attached hydrogens (tertiary/aromatic N) is 1. The largest absolute Gasteiger partial charge is 0.310 e. The summed E-state index contributed by atoms with van der Waals surface area (Å²) in [5, 5.41) is 4.53. The van der Waals surface area contributed by atoms with E-state index in [0.717, 1.165) is 11.9 Å². The number of alkyl halides is 1. The molecular weight excluding hydrogens is 240 g/mol. The lowest BCUT2D eigenvalue weighted by Crippen LogP contribution is -2.32. The third-order valence-corrected chi connectivity index (χ3v) is 3.50. The van der Waals surface area contributed by atoms with Crippen molar-refractivity contribution in [1.29, 1.82) is 0 Å².